The topological polar surface area (TPSA) is 613 Å². The van der Waals surface area contributed by atoms with Gasteiger partial charge in [-0.2, -0.15) is 0 Å². The van der Waals surface area contributed by atoms with Crippen molar-refractivity contribution in [1.29, 1.82) is 0 Å². The van der Waals surface area contributed by atoms with Crippen LogP contribution in [0.3, 0.4) is 0 Å². The van der Waals surface area contributed by atoms with Gasteiger partial charge in [0, 0.05) is 60.8 Å². The summed E-state index contributed by atoms with van der Waals surface area (Å²) in [6, 6.07) is 11.1. The van der Waals surface area contributed by atoms with E-state index in [1.807, 2.05) is 12.1 Å². The highest BCUT2D eigenvalue weighted by Gasteiger charge is 2.39. The second kappa shape index (κ2) is 47.6. The van der Waals surface area contributed by atoms with Gasteiger partial charge in [-0.1, -0.05) is 131 Å². The number of amides is 14. The molecule has 1 aromatic heterocycles. The van der Waals surface area contributed by atoms with Crippen molar-refractivity contribution in [1.82, 2.24) is 74.1 Å². The first kappa shape index (κ1) is 92.8. The lowest BCUT2D eigenvalue weighted by molar-refractivity contribution is -0.142. The van der Waals surface area contributed by atoms with Gasteiger partial charge < -0.3 is 117 Å². The lowest BCUT2D eigenvalue weighted by atomic mass is 10.0. The van der Waals surface area contributed by atoms with E-state index in [2.05, 4.69) is 74.1 Å². The maximum absolute atomic E-state index is 15.1. The highest BCUT2D eigenvalue weighted by molar-refractivity contribution is 8.76. The molecule has 1 saturated heterocycles. The summed E-state index contributed by atoms with van der Waals surface area (Å²) in [6.07, 6.45) is -2.85. The van der Waals surface area contributed by atoms with Crippen molar-refractivity contribution in [2.24, 2.45) is 22.9 Å². The second-order valence-corrected chi connectivity index (χ2v) is 30.2. The number of unbranched alkanes of at least 4 members (excludes halogenated alkanes) is 1. The number of para-hydroxylation sites is 1. The molecule has 2 heterocycles. The van der Waals surface area contributed by atoms with E-state index in [0.717, 1.165) is 39.4 Å². The van der Waals surface area contributed by atoms with Crippen LogP contribution in [0.5, 0.6) is 0 Å². The quantitative estimate of drug-likeness (QED) is 0.0228. The summed E-state index contributed by atoms with van der Waals surface area (Å²) in [5.41, 5.74) is 26.4. The number of carboxylic acids is 1. The minimum absolute atomic E-state index is 0.0393. The molecule has 1 aliphatic heterocycles. The molecule has 26 N–H and O–H groups in total. The number of aliphatic carboxylic acids is 1. The van der Waals surface area contributed by atoms with Crippen molar-refractivity contribution in [2.75, 3.05) is 37.7 Å². The minimum Gasteiger partial charge on any atom is -0.480 e. The van der Waals surface area contributed by atoms with Crippen LogP contribution in [-0.4, -0.2) is 243 Å². The Morgan fingerprint density at radius 3 is 1.49 bits per heavy atom. The third-order valence-corrected chi connectivity index (χ3v) is 20.7. The monoisotopic (exact) mass is 1640 g/mol. The highest BCUT2D eigenvalue weighted by atomic mass is 33.1. The number of carbonyl (C=O) groups is 15. The molecular formula is C76H104N18O19S2. The average Bonchev–Trinajstić information content (AvgIpc) is 1.73. The maximum atomic E-state index is 15.1. The second-order valence-electron chi connectivity index (χ2n) is 27.6. The number of H-pyrrole nitrogens is 1. The number of nitrogens with two attached hydrogens (primary N) is 4. The van der Waals surface area contributed by atoms with E-state index >= 15 is 9.59 Å². The van der Waals surface area contributed by atoms with E-state index in [0.29, 0.717) is 22.3 Å². The minimum atomic E-state index is -1.96. The molecule has 0 saturated carbocycles. The van der Waals surface area contributed by atoms with Crippen molar-refractivity contribution in [3.8, 4) is 0 Å². The predicted molar refractivity (Wildman–Crippen MR) is 425 cm³/mol. The number of primary amides is 1. The zero-order valence-electron chi connectivity index (χ0n) is 63.8. The van der Waals surface area contributed by atoms with E-state index in [4.69, 9.17) is 22.9 Å². The number of fused-ring (bicyclic) bond motifs is 1. The number of hydrogen-bond acceptors (Lipinski definition) is 23. The van der Waals surface area contributed by atoms with Crippen LogP contribution < -0.4 is 92.1 Å². The molecule has 5 aromatic rings. The summed E-state index contributed by atoms with van der Waals surface area (Å²) in [6.45, 7) is 1.77. The number of benzene rings is 4. The number of aromatic nitrogens is 1. The van der Waals surface area contributed by atoms with Crippen molar-refractivity contribution in [3.05, 3.63) is 144 Å². The van der Waals surface area contributed by atoms with Crippen molar-refractivity contribution < 1.29 is 92.3 Å². The molecule has 115 heavy (non-hydrogen) atoms. The largest absolute Gasteiger partial charge is 0.480 e. The Balaban J connectivity index is 1.38. The summed E-state index contributed by atoms with van der Waals surface area (Å²) in [5, 5.41) is 75.7. The Morgan fingerprint density at radius 1 is 0.522 bits per heavy atom. The van der Waals surface area contributed by atoms with Crippen LogP contribution in [0.1, 0.15) is 88.0 Å². The molecule has 15 atom stereocenters. The molecule has 0 bridgehead atoms. The molecule has 1 fully saturated rings. The molecule has 37 nitrogen and oxygen atoms in total. The van der Waals surface area contributed by atoms with Crippen LogP contribution >= 0.6 is 21.6 Å². The summed E-state index contributed by atoms with van der Waals surface area (Å²) < 4.78 is 0. The van der Waals surface area contributed by atoms with Gasteiger partial charge in [-0.3, -0.25) is 67.1 Å². The van der Waals surface area contributed by atoms with Crippen LogP contribution in [0.25, 0.3) is 10.9 Å². The van der Waals surface area contributed by atoms with Gasteiger partial charge in [-0.05, 0) is 94.2 Å². The fraction of sp³-hybridized carbons (Fsp3) is 0.461. The van der Waals surface area contributed by atoms with E-state index < -0.39 is 210 Å². The Labute approximate surface area is 670 Å². The molecule has 4 aromatic carbocycles. The lowest BCUT2D eigenvalue weighted by Gasteiger charge is -2.28. The van der Waals surface area contributed by atoms with Crippen molar-refractivity contribution in [3.63, 3.8) is 0 Å². The third kappa shape index (κ3) is 31.0. The maximum Gasteiger partial charge on any atom is 0.327 e. The number of carboxylic acid groups (broad SMARTS) is 1. The molecule has 0 unspecified atom stereocenters. The fourth-order valence-electron chi connectivity index (χ4n) is 11.9. The summed E-state index contributed by atoms with van der Waals surface area (Å²) >= 11 is 0. The number of rotatable bonds is 22. The summed E-state index contributed by atoms with van der Waals surface area (Å²) in [4.78, 5) is 213. The number of nitrogens with one attached hydrogen (secondary N) is 14. The summed E-state index contributed by atoms with van der Waals surface area (Å²) in [7, 11) is 1.49. The molecule has 6 rings (SSSR count). The van der Waals surface area contributed by atoms with Crippen LogP contribution in [0.4, 0.5) is 0 Å². The zero-order valence-corrected chi connectivity index (χ0v) is 65.4. The van der Waals surface area contributed by atoms with Gasteiger partial charge >= 0.3 is 5.97 Å². The van der Waals surface area contributed by atoms with Crippen LogP contribution in [0.15, 0.2) is 121 Å². The Kier molecular flexibility index (Phi) is 38.4. The molecule has 0 aliphatic carbocycles. The average molecular weight is 1640 g/mol. The van der Waals surface area contributed by atoms with Gasteiger partial charge in [0.25, 0.3) is 0 Å². The van der Waals surface area contributed by atoms with Gasteiger partial charge in [0.05, 0.1) is 43.9 Å². The van der Waals surface area contributed by atoms with Crippen LogP contribution in [-0.2, 0) is 97.6 Å². The molecule has 14 amide bonds. The number of aliphatic hydroxyl groups excluding tert-OH is 3. The molecule has 624 valence electrons. The number of aliphatic hydroxyl groups is 3. The fourth-order valence-corrected chi connectivity index (χ4v) is 14.2. The number of hydrogen-bond donors (Lipinski definition) is 22. The standard InChI is InChI=1S/C76H104N18O19S2/c1-41(78)64(100)83-37-61(99)84-58-39-114-115-40-59(76(112)113)92-72(108)57(38-95)91-75(111)63(43(3)97)94-71(107)54(33-46-23-11-6-12-24-46)90-74(110)62(42(2)96)93-65(101)49(79)26-16-18-30-81-66(102)55(34-47-36-82-50-27-14-13-25-48(47)50)88-69(105)53(32-45-21-9-5-10-22-45)86-68(104)52(31-44-19-7-4-8-20-44)87-70(106)56(35-60(80)98)89-67(103)51(85-73(58)109)28-15-17-29-77/h4-14,19-25,27,36,41-43,49,51-59,62-63,82,95-97H,15-18,26,28-35,37-40,77-79H2,1-3H3,(H2,80,98)(H,81,102)(H,83,100)(H,84,99)(H,85,109)(H,86,104)(H,87,106)(H,88,105)(H,89,103)(H,90,110)(H,91,111)(H,92,108)(H,93,101)(H,94,107)(H,112,113)/t41-,42+,43+,49-,51+,52+,53-,54-,55+,56-,57-,58+,59-,62-,63-/m0/s1. The van der Waals surface area contributed by atoms with Crippen molar-refractivity contribution >= 4 is 121 Å². The molecule has 0 spiro atoms. The van der Waals surface area contributed by atoms with E-state index in [1.54, 1.807) is 109 Å². The highest BCUT2D eigenvalue weighted by Crippen LogP contribution is 2.24. The first-order valence-electron chi connectivity index (χ1n) is 37.4. The number of aromatic amines is 1. The smallest absolute Gasteiger partial charge is 0.327 e. The molecular weight excluding hydrogens is 1530 g/mol. The first-order valence-corrected chi connectivity index (χ1v) is 39.8. The predicted octanol–water partition coefficient (Wildman–Crippen LogP) is -4.91. The normalized spacial score (nSPS) is 24.2. The van der Waals surface area contributed by atoms with E-state index in [9.17, 15) is 82.8 Å². The van der Waals surface area contributed by atoms with Gasteiger partial charge in [-0.25, -0.2) is 4.79 Å². The first-order chi connectivity index (χ1) is 54.8. The zero-order chi connectivity index (χ0) is 84.3. The van der Waals surface area contributed by atoms with Gasteiger partial charge in [0.2, 0.25) is 82.7 Å². The SMILES string of the molecule is C[C@H](N)C(=O)NCC(=O)N[C@@H]1CSSC[C@@H](C(=O)O)NC(=O)[C@H](CO)NC(=O)[C@H]([C@@H](C)O)NC(=O)[C@H](Cc2ccccc2)NC(=O)[C@H]([C@@H](C)O)NC(=O)[C@@H](N)CCCCNC(=O)[C@@H](Cc2c[nH]c3ccccc23)NC(=O)[C@H](Cc2ccccc2)NC(=O)[C@@H](Cc2ccccc2)NC(=O)[C@H](CC(N)=O)NC(=O)[C@@H](CCCCN)NC1=O. The molecule has 0 radical (unpaired) electrons. The summed E-state index contributed by atoms with van der Waals surface area (Å²) in [5.74, 6) is -16.9. The molecule has 39 heteroatoms. The Bertz CT molecular complexity index is 4130. The van der Waals surface area contributed by atoms with Gasteiger partial charge in [0.15, 0.2) is 0 Å². The molecule has 1 aliphatic rings. The number of carbonyl (C=O) groups excluding carboxylic acids is 14. The third-order valence-electron chi connectivity index (χ3n) is 18.3. The van der Waals surface area contributed by atoms with E-state index in [-0.39, 0.29) is 77.3 Å². The lowest BCUT2D eigenvalue weighted by Crippen LogP contribution is -2.63. The van der Waals surface area contributed by atoms with Crippen LogP contribution in [0, 0.1) is 0 Å². The Hall–Kier alpha value is -11.1. The van der Waals surface area contributed by atoms with Crippen LogP contribution in [0.2, 0.25) is 0 Å². The Morgan fingerprint density at radius 2 is 0.974 bits per heavy atom. The van der Waals surface area contributed by atoms with Gasteiger partial charge in [0.1, 0.15) is 66.5 Å². The van der Waals surface area contributed by atoms with Gasteiger partial charge in [-0.15, -0.1) is 0 Å². The van der Waals surface area contributed by atoms with E-state index in [1.165, 1.54) is 13.8 Å². The van der Waals surface area contributed by atoms with Crippen molar-refractivity contribution in [2.45, 2.75) is 182 Å².